The molecule has 1 aromatic carbocycles. The van der Waals surface area contributed by atoms with Crippen molar-refractivity contribution in [1.82, 2.24) is 9.88 Å². The molecule has 0 radical (unpaired) electrons. The lowest BCUT2D eigenvalue weighted by atomic mass is 9.84. The van der Waals surface area contributed by atoms with Crippen molar-refractivity contribution >= 4 is 17.2 Å². The van der Waals surface area contributed by atoms with Gasteiger partial charge in [-0.25, -0.2) is 4.98 Å². The third-order valence-corrected chi connectivity index (χ3v) is 5.26. The normalized spacial score (nSPS) is 15.6. The first-order valence-corrected chi connectivity index (χ1v) is 8.72. The average Bonchev–Trinajstić information content (AvgIpc) is 2.86. The molecule has 0 saturated carbocycles. The standard InChI is InChI=1S/C18H22N2O2S/c1-12-4-6-13(7-5-12)8-16-19-15(11-23-16)17(21)20-9-14(10-20)18(2,3)22/h4-7,11,14,22H,8-10H2,1-3H3. The molecular formula is C18H22N2O2S. The van der Waals surface area contributed by atoms with Gasteiger partial charge in [0.15, 0.2) is 0 Å². The first-order chi connectivity index (χ1) is 10.8. The van der Waals surface area contributed by atoms with Crippen molar-refractivity contribution in [2.45, 2.75) is 32.8 Å². The number of rotatable bonds is 4. The number of carbonyl (C=O) groups excluding carboxylic acids is 1. The van der Waals surface area contributed by atoms with Gasteiger partial charge in [0, 0.05) is 30.8 Å². The number of hydrogen-bond acceptors (Lipinski definition) is 4. The van der Waals surface area contributed by atoms with Crippen molar-refractivity contribution in [2.75, 3.05) is 13.1 Å². The molecule has 2 aromatic rings. The third-order valence-electron chi connectivity index (χ3n) is 4.41. The maximum absolute atomic E-state index is 12.4. The Bertz CT molecular complexity index is 695. The summed E-state index contributed by atoms with van der Waals surface area (Å²) in [6.07, 6.45) is 0.754. The summed E-state index contributed by atoms with van der Waals surface area (Å²) in [5.41, 5.74) is 2.24. The zero-order valence-electron chi connectivity index (χ0n) is 13.7. The molecule has 122 valence electrons. The Morgan fingerprint density at radius 1 is 1.35 bits per heavy atom. The van der Waals surface area contributed by atoms with Crippen LogP contribution in [0.4, 0.5) is 0 Å². The van der Waals surface area contributed by atoms with Gasteiger partial charge < -0.3 is 10.0 Å². The quantitative estimate of drug-likeness (QED) is 0.938. The highest BCUT2D eigenvalue weighted by molar-refractivity contribution is 7.09. The van der Waals surface area contributed by atoms with E-state index in [-0.39, 0.29) is 11.8 Å². The van der Waals surface area contributed by atoms with Gasteiger partial charge in [-0.05, 0) is 26.3 Å². The van der Waals surface area contributed by atoms with Crippen molar-refractivity contribution in [3.8, 4) is 0 Å². The van der Waals surface area contributed by atoms with Crippen LogP contribution in [0, 0.1) is 12.8 Å². The van der Waals surface area contributed by atoms with E-state index in [0.717, 1.165) is 11.4 Å². The van der Waals surface area contributed by atoms with Gasteiger partial charge in [-0.2, -0.15) is 0 Å². The zero-order valence-corrected chi connectivity index (χ0v) is 14.6. The lowest BCUT2D eigenvalue weighted by Gasteiger charge is -2.44. The maximum atomic E-state index is 12.4. The molecule has 23 heavy (non-hydrogen) atoms. The lowest BCUT2D eigenvalue weighted by Crippen LogP contribution is -2.57. The molecule has 0 unspecified atom stereocenters. The van der Waals surface area contributed by atoms with E-state index in [1.54, 1.807) is 18.7 Å². The van der Waals surface area contributed by atoms with E-state index in [1.165, 1.54) is 22.5 Å². The molecule has 2 heterocycles. The van der Waals surface area contributed by atoms with E-state index in [9.17, 15) is 9.90 Å². The van der Waals surface area contributed by atoms with Crippen LogP contribution in [0.3, 0.4) is 0 Å². The van der Waals surface area contributed by atoms with Crippen LogP contribution >= 0.6 is 11.3 Å². The number of likely N-dealkylation sites (tertiary alicyclic amines) is 1. The minimum absolute atomic E-state index is 0.0306. The summed E-state index contributed by atoms with van der Waals surface area (Å²) in [5, 5.41) is 12.7. The number of carbonyl (C=O) groups is 1. The number of aliphatic hydroxyl groups is 1. The largest absolute Gasteiger partial charge is 0.390 e. The van der Waals surface area contributed by atoms with E-state index in [1.807, 2.05) is 5.38 Å². The number of nitrogens with zero attached hydrogens (tertiary/aromatic N) is 2. The number of benzene rings is 1. The minimum Gasteiger partial charge on any atom is -0.390 e. The summed E-state index contributed by atoms with van der Waals surface area (Å²) < 4.78 is 0. The Labute approximate surface area is 140 Å². The van der Waals surface area contributed by atoms with Gasteiger partial charge in [0.2, 0.25) is 0 Å². The van der Waals surface area contributed by atoms with Crippen LogP contribution in [-0.2, 0) is 6.42 Å². The summed E-state index contributed by atoms with van der Waals surface area (Å²) >= 11 is 1.53. The molecular weight excluding hydrogens is 308 g/mol. The molecule has 3 rings (SSSR count). The fraction of sp³-hybridized carbons (Fsp3) is 0.444. The number of aryl methyl sites for hydroxylation is 1. The highest BCUT2D eigenvalue weighted by Crippen LogP contribution is 2.28. The topological polar surface area (TPSA) is 53.4 Å². The van der Waals surface area contributed by atoms with Crippen LogP contribution in [0.1, 0.15) is 40.5 Å². The molecule has 1 aromatic heterocycles. The summed E-state index contributed by atoms with van der Waals surface area (Å²) in [4.78, 5) is 18.6. The predicted molar refractivity (Wildman–Crippen MR) is 91.8 cm³/mol. The molecule has 0 bridgehead atoms. The molecule has 1 aliphatic rings. The fourth-order valence-electron chi connectivity index (χ4n) is 2.62. The number of amides is 1. The van der Waals surface area contributed by atoms with E-state index < -0.39 is 5.60 Å². The molecule has 1 saturated heterocycles. The van der Waals surface area contributed by atoms with Gasteiger partial charge in [-0.3, -0.25) is 4.79 Å². The first-order valence-electron chi connectivity index (χ1n) is 7.84. The fourth-order valence-corrected chi connectivity index (χ4v) is 3.43. The van der Waals surface area contributed by atoms with Crippen molar-refractivity contribution < 1.29 is 9.90 Å². The molecule has 5 heteroatoms. The summed E-state index contributed by atoms with van der Waals surface area (Å²) in [6, 6.07) is 8.38. The van der Waals surface area contributed by atoms with Crippen molar-refractivity contribution in [3.05, 3.63) is 51.5 Å². The summed E-state index contributed by atoms with van der Waals surface area (Å²) in [6.45, 7) is 6.86. The maximum Gasteiger partial charge on any atom is 0.273 e. The molecule has 0 aliphatic carbocycles. The molecule has 0 spiro atoms. The second-order valence-corrected chi connectivity index (χ2v) is 7.79. The van der Waals surface area contributed by atoms with Gasteiger partial charge in [-0.1, -0.05) is 29.8 Å². The van der Waals surface area contributed by atoms with Crippen LogP contribution in [0.2, 0.25) is 0 Å². The van der Waals surface area contributed by atoms with Crippen molar-refractivity contribution in [1.29, 1.82) is 0 Å². The Hall–Kier alpha value is -1.72. The second-order valence-electron chi connectivity index (χ2n) is 6.85. The molecule has 1 amide bonds. The van der Waals surface area contributed by atoms with E-state index in [2.05, 4.69) is 36.2 Å². The molecule has 0 atom stereocenters. The van der Waals surface area contributed by atoms with Crippen LogP contribution < -0.4 is 0 Å². The van der Waals surface area contributed by atoms with E-state index >= 15 is 0 Å². The lowest BCUT2D eigenvalue weighted by molar-refractivity contribution is -0.0508. The van der Waals surface area contributed by atoms with Gasteiger partial charge in [0.25, 0.3) is 5.91 Å². The van der Waals surface area contributed by atoms with Crippen LogP contribution in [0.15, 0.2) is 29.6 Å². The average molecular weight is 330 g/mol. The summed E-state index contributed by atoms with van der Waals surface area (Å²) in [7, 11) is 0. The van der Waals surface area contributed by atoms with Gasteiger partial charge in [0.1, 0.15) is 5.69 Å². The van der Waals surface area contributed by atoms with Crippen LogP contribution in [-0.4, -0.2) is 39.6 Å². The van der Waals surface area contributed by atoms with Gasteiger partial charge >= 0.3 is 0 Å². The van der Waals surface area contributed by atoms with Crippen LogP contribution in [0.5, 0.6) is 0 Å². The molecule has 1 aliphatic heterocycles. The Balaban J connectivity index is 1.61. The number of thiazole rings is 1. The first kappa shape index (κ1) is 16.1. The highest BCUT2D eigenvalue weighted by atomic mass is 32.1. The van der Waals surface area contributed by atoms with Crippen molar-refractivity contribution in [2.24, 2.45) is 5.92 Å². The molecule has 4 nitrogen and oxygen atoms in total. The smallest absolute Gasteiger partial charge is 0.273 e. The third kappa shape index (κ3) is 3.62. The molecule has 1 fully saturated rings. The Morgan fingerprint density at radius 3 is 2.61 bits per heavy atom. The number of aromatic nitrogens is 1. The molecule has 1 N–H and O–H groups in total. The SMILES string of the molecule is Cc1ccc(Cc2nc(C(=O)N3CC(C(C)(C)O)C3)cs2)cc1. The Morgan fingerprint density at radius 2 is 2.00 bits per heavy atom. The monoisotopic (exact) mass is 330 g/mol. The van der Waals surface area contributed by atoms with Gasteiger partial charge in [0.05, 0.1) is 10.6 Å². The predicted octanol–water partition coefficient (Wildman–Crippen LogP) is 2.89. The van der Waals surface area contributed by atoms with Gasteiger partial charge in [-0.15, -0.1) is 11.3 Å². The van der Waals surface area contributed by atoms with Crippen molar-refractivity contribution in [3.63, 3.8) is 0 Å². The van der Waals surface area contributed by atoms with E-state index in [0.29, 0.717) is 18.8 Å². The highest BCUT2D eigenvalue weighted by Gasteiger charge is 2.40. The minimum atomic E-state index is -0.727. The van der Waals surface area contributed by atoms with Crippen LogP contribution in [0.25, 0.3) is 0 Å². The van der Waals surface area contributed by atoms with E-state index in [4.69, 9.17) is 0 Å². The zero-order chi connectivity index (χ0) is 16.6. The Kier molecular flexibility index (Phi) is 4.25. The number of hydrogen-bond donors (Lipinski definition) is 1. The second kappa shape index (κ2) is 6.06. The summed E-state index contributed by atoms with van der Waals surface area (Å²) in [5.74, 6) is 0.119.